The van der Waals surface area contributed by atoms with Gasteiger partial charge in [0.05, 0.1) is 13.7 Å². The average Bonchev–Trinajstić information content (AvgIpc) is 2.69. The topological polar surface area (TPSA) is 106 Å². The maximum absolute atomic E-state index is 12.1. The molecule has 0 heterocycles. The number of nitrogens with one attached hydrogen (secondary N) is 3. The molecular weight excluding hydrogens is 374 g/mol. The molecule has 3 amide bonds. The summed E-state index contributed by atoms with van der Waals surface area (Å²) in [5.41, 5.74) is 0.539. The fourth-order valence-corrected chi connectivity index (χ4v) is 2.72. The summed E-state index contributed by atoms with van der Waals surface area (Å²) in [6.45, 7) is 6.88. The number of hydrogen-bond donors (Lipinski definition) is 3. The zero-order valence-corrected chi connectivity index (χ0v) is 17.7. The number of carbonyl (C=O) groups excluding carboxylic acids is 3. The first-order valence-electron chi connectivity index (χ1n) is 9.97. The average molecular weight is 408 g/mol. The zero-order chi connectivity index (χ0) is 21.6. The molecule has 0 bridgehead atoms. The molecule has 1 aromatic carbocycles. The normalized spacial score (nSPS) is 11.5. The van der Waals surface area contributed by atoms with E-state index in [-0.39, 0.29) is 24.3 Å². The number of benzene rings is 1. The molecular formula is C21H33N3O5. The minimum atomic E-state index is -0.478. The second-order valence-corrected chi connectivity index (χ2v) is 7.08. The van der Waals surface area contributed by atoms with Gasteiger partial charge in [0.1, 0.15) is 5.75 Å². The van der Waals surface area contributed by atoms with E-state index < -0.39 is 6.09 Å². The number of alkyl carbamates (subject to hydrolysis) is 1. The Morgan fingerprint density at radius 3 is 2.34 bits per heavy atom. The van der Waals surface area contributed by atoms with Gasteiger partial charge in [0.25, 0.3) is 5.91 Å². The summed E-state index contributed by atoms with van der Waals surface area (Å²) >= 11 is 0. The molecule has 0 fully saturated rings. The fraction of sp³-hybridized carbons (Fsp3) is 0.571. The van der Waals surface area contributed by atoms with Crippen molar-refractivity contribution in [3.63, 3.8) is 0 Å². The molecule has 0 radical (unpaired) electrons. The third-order valence-corrected chi connectivity index (χ3v) is 4.12. The lowest BCUT2D eigenvalue weighted by Gasteiger charge is -2.20. The lowest BCUT2D eigenvalue weighted by atomic mass is 10.0. The first kappa shape index (κ1) is 24.3. The van der Waals surface area contributed by atoms with Gasteiger partial charge in [-0.1, -0.05) is 13.8 Å². The van der Waals surface area contributed by atoms with Crippen molar-refractivity contribution in [3.05, 3.63) is 29.8 Å². The molecule has 0 aliphatic heterocycles. The van der Waals surface area contributed by atoms with Crippen LogP contribution in [-0.4, -0.2) is 50.8 Å². The Morgan fingerprint density at radius 2 is 1.76 bits per heavy atom. The van der Waals surface area contributed by atoms with Crippen molar-refractivity contribution >= 4 is 17.9 Å². The van der Waals surface area contributed by atoms with Gasteiger partial charge in [0.2, 0.25) is 5.91 Å². The summed E-state index contributed by atoms with van der Waals surface area (Å²) < 4.78 is 9.96. The van der Waals surface area contributed by atoms with Crippen molar-refractivity contribution in [2.75, 3.05) is 26.8 Å². The van der Waals surface area contributed by atoms with Crippen LogP contribution in [0.25, 0.3) is 0 Å². The molecule has 1 atom stereocenters. The zero-order valence-electron chi connectivity index (χ0n) is 17.7. The monoisotopic (exact) mass is 407 g/mol. The van der Waals surface area contributed by atoms with E-state index in [9.17, 15) is 14.4 Å². The smallest absolute Gasteiger partial charge is 0.407 e. The largest absolute Gasteiger partial charge is 0.497 e. The van der Waals surface area contributed by atoms with Crippen LogP contribution < -0.4 is 20.7 Å². The van der Waals surface area contributed by atoms with Crippen molar-refractivity contribution in [2.24, 2.45) is 5.92 Å². The third-order valence-electron chi connectivity index (χ3n) is 4.12. The van der Waals surface area contributed by atoms with E-state index in [0.717, 1.165) is 6.42 Å². The molecule has 1 aromatic rings. The molecule has 0 aromatic heterocycles. The van der Waals surface area contributed by atoms with Crippen LogP contribution in [0.4, 0.5) is 4.79 Å². The van der Waals surface area contributed by atoms with Crippen LogP contribution in [-0.2, 0) is 9.53 Å². The predicted octanol–water partition coefficient (Wildman–Crippen LogP) is 2.48. The summed E-state index contributed by atoms with van der Waals surface area (Å²) in [6.07, 6.45) is 1.07. The standard InChI is InChI=1S/C21H33N3O5/c1-5-29-21(27)24-17(13-15(2)3)14-23-19(25)7-6-12-22-20(26)16-8-10-18(28-4)11-9-16/h8-11,15,17H,5-7,12-14H2,1-4H3,(H,22,26)(H,23,25)(H,24,27). The Morgan fingerprint density at radius 1 is 1.07 bits per heavy atom. The van der Waals surface area contributed by atoms with E-state index >= 15 is 0 Å². The number of hydrogen-bond acceptors (Lipinski definition) is 5. The van der Waals surface area contributed by atoms with E-state index in [4.69, 9.17) is 9.47 Å². The molecule has 0 aliphatic rings. The van der Waals surface area contributed by atoms with Crippen molar-refractivity contribution in [1.82, 2.24) is 16.0 Å². The Balaban J connectivity index is 2.30. The highest BCUT2D eigenvalue weighted by Crippen LogP contribution is 2.11. The maximum Gasteiger partial charge on any atom is 0.407 e. The first-order valence-corrected chi connectivity index (χ1v) is 9.97. The van der Waals surface area contributed by atoms with Gasteiger partial charge in [0, 0.05) is 31.1 Å². The minimum Gasteiger partial charge on any atom is -0.497 e. The number of methoxy groups -OCH3 is 1. The van der Waals surface area contributed by atoms with Crippen LogP contribution in [0.3, 0.4) is 0 Å². The van der Waals surface area contributed by atoms with Crippen LogP contribution >= 0.6 is 0 Å². The Hall–Kier alpha value is -2.77. The quantitative estimate of drug-likeness (QED) is 0.462. The van der Waals surface area contributed by atoms with Gasteiger partial charge in [-0.25, -0.2) is 4.79 Å². The number of amides is 3. The Bertz CT molecular complexity index is 646. The third kappa shape index (κ3) is 10.4. The maximum atomic E-state index is 12.1. The second-order valence-electron chi connectivity index (χ2n) is 7.08. The molecule has 0 saturated heterocycles. The summed E-state index contributed by atoms with van der Waals surface area (Å²) in [4.78, 5) is 35.7. The van der Waals surface area contributed by atoms with Gasteiger partial charge in [-0.3, -0.25) is 9.59 Å². The number of ether oxygens (including phenoxy) is 2. The molecule has 0 spiro atoms. The van der Waals surface area contributed by atoms with Gasteiger partial charge >= 0.3 is 6.09 Å². The fourth-order valence-electron chi connectivity index (χ4n) is 2.72. The minimum absolute atomic E-state index is 0.122. The first-order chi connectivity index (χ1) is 13.8. The van der Waals surface area contributed by atoms with Crippen LogP contribution in [0, 0.1) is 5.92 Å². The Labute approximate surface area is 172 Å². The van der Waals surface area contributed by atoms with Crippen LogP contribution in [0.1, 0.15) is 50.4 Å². The van der Waals surface area contributed by atoms with Crippen molar-refractivity contribution in [1.29, 1.82) is 0 Å². The van der Waals surface area contributed by atoms with Crippen LogP contribution in [0.5, 0.6) is 5.75 Å². The van der Waals surface area contributed by atoms with Crippen LogP contribution in [0.15, 0.2) is 24.3 Å². The summed E-state index contributed by atoms with van der Waals surface area (Å²) in [5, 5.41) is 8.39. The van der Waals surface area contributed by atoms with Crippen molar-refractivity contribution < 1.29 is 23.9 Å². The molecule has 3 N–H and O–H groups in total. The van der Waals surface area contributed by atoms with Crippen molar-refractivity contribution in [3.8, 4) is 5.75 Å². The molecule has 1 unspecified atom stereocenters. The van der Waals surface area contributed by atoms with Gasteiger partial charge in [-0.15, -0.1) is 0 Å². The lowest BCUT2D eigenvalue weighted by Crippen LogP contribution is -2.44. The molecule has 162 valence electrons. The highest BCUT2D eigenvalue weighted by Gasteiger charge is 2.15. The predicted molar refractivity (Wildman–Crippen MR) is 111 cm³/mol. The second kappa shape index (κ2) is 13.4. The summed E-state index contributed by atoms with van der Waals surface area (Å²) in [5.74, 6) is 0.741. The van der Waals surface area contributed by atoms with E-state index in [2.05, 4.69) is 16.0 Å². The van der Waals surface area contributed by atoms with Crippen molar-refractivity contribution in [2.45, 2.75) is 46.1 Å². The molecule has 0 aliphatic carbocycles. The van der Waals surface area contributed by atoms with E-state index in [1.54, 1.807) is 38.3 Å². The highest BCUT2D eigenvalue weighted by molar-refractivity contribution is 5.94. The summed E-state index contributed by atoms with van der Waals surface area (Å²) in [7, 11) is 1.57. The highest BCUT2D eigenvalue weighted by atomic mass is 16.5. The van der Waals surface area contributed by atoms with Gasteiger partial charge in [-0.05, 0) is 49.9 Å². The molecule has 8 heteroatoms. The summed E-state index contributed by atoms with van der Waals surface area (Å²) in [6, 6.07) is 6.63. The molecule has 8 nitrogen and oxygen atoms in total. The van der Waals surface area contributed by atoms with E-state index in [1.807, 2.05) is 13.8 Å². The van der Waals surface area contributed by atoms with Gasteiger partial charge in [-0.2, -0.15) is 0 Å². The van der Waals surface area contributed by atoms with E-state index in [1.165, 1.54) is 0 Å². The van der Waals surface area contributed by atoms with Crippen LogP contribution in [0.2, 0.25) is 0 Å². The number of carbonyl (C=O) groups is 3. The SMILES string of the molecule is CCOC(=O)NC(CNC(=O)CCCNC(=O)c1ccc(OC)cc1)CC(C)C. The lowest BCUT2D eigenvalue weighted by molar-refractivity contribution is -0.121. The van der Waals surface area contributed by atoms with Gasteiger partial charge < -0.3 is 25.4 Å². The molecule has 1 rings (SSSR count). The molecule has 0 saturated carbocycles. The molecule has 29 heavy (non-hydrogen) atoms. The van der Waals surface area contributed by atoms with E-state index in [0.29, 0.717) is 43.3 Å². The van der Waals surface area contributed by atoms with Gasteiger partial charge in [0.15, 0.2) is 0 Å². The number of rotatable bonds is 12. The Kier molecular flexibility index (Phi) is 11.2.